The maximum atomic E-state index is 5.62. The quantitative estimate of drug-likeness (QED) is 0.683. The molecule has 0 fully saturated rings. The lowest BCUT2D eigenvalue weighted by atomic mass is 10.2. The zero-order chi connectivity index (χ0) is 13.2. The van der Waals surface area contributed by atoms with Crippen molar-refractivity contribution in [2.45, 2.75) is 13.8 Å². The van der Waals surface area contributed by atoms with Crippen LogP contribution in [0.3, 0.4) is 0 Å². The van der Waals surface area contributed by atoms with Crippen LogP contribution in [0.25, 0.3) is 0 Å². The number of aryl methyl sites for hydroxylation is 1. The molecule has 0 amide bonds. The van der Waals surface area contributed by atoms with Crippen LogP contribution >= 0.6 is 0 Å². The Morgan fingerprint density at radius 3 is 2.67 bits per heavy atom. The fourth-order valence-electron chi connectivity index (χ4n) is 1.53. The van der Waals surface area contributed by atoms with Crippen LogP contribution in [0.2, 0.25) is 0 Å². The van der Waals surface area contributed by atoms with E-state index in [1.165, 1.54) is 0 Å². The minimum absolute atomic E-state index is 0.533. The molecule has 0 aliphatic heterocycles. The maximum Gasteiger partial charge on any atom is 0.161 e. The normalized spacial score (nSPS) is 10.4. The lowest BCUT2D eigenvalue weighted by Gasteiger charge is -2.11. The number of hydrogen-bond donors (Lipinski definition) is 1. The molecule has 1 rings (SSSR count). The second kappa shape index (κ2) is 8.78. The fraction of sp³-hybridized carbons (Fsp3) is 0.571. The minimum atomic E-state index is 0.533. The second-order valence-corrected chi connectivity index (χ2v) is 3.97. The standard InChI is InChI=1S/C14H23NO3/c1-4-15-7-8-17-9-10-18-13-6-5-12(2)11-14(13)16-3/h5-6,11,15H,4,7-10H2,1-3H3. The Morgan fingerprint density at radius 1 is 1.11 bits per heavy atom. The van der Waals surface area contributed by atoms with Crippen molar-refractivity contribution in [2.24, 2.45) is 0 Å². The van der Waals surface area contributed by atoms with Gasteiger partial charge in [0.25, 0.3) is 0 Å². The van der Waals surface area contributed by atoms with Gasteiger partial charge >= 0.3 is 0 Å². The van der Waals surface area contributed by atoms with E-state index in [2.05, 4.69) is 12.2 Å². The molecule has 0 aromatic heterocycles. The highest BCUT2D eigenvalue weighted by Crippen LogP contribution is 2.27. The van der Waals surface area contributed by atoms with Gasteiger partial charge in [0.05, 0.1) is 20.3 Å². The molecule has 1 aromatic carbocycles. The number of likely N-dealkylation sites (N-methyl/N-ethyl adjacent to an activating group) is 1. The van der Waals surface area contributed by atoms with Crippen molar-refractivity contribution in [1.82, 2.24) is 5.32 Å². The Labute approximate surface area is 109 Å². The van der Waals surface area contributed by atoms with Gasteiger partial charge in [-0.15, -0.1) is 0 Å². The Hall–Kier alpha value is -1.26. The van der Waals surface area contributed by atoms with Crippen molar-refractivity contribution in [1.29, 1.82) is 0 Å². The van der Waals surface area contributed by atoms with Crippen molar-refractivity contribution in [3.63, 3.8) is 0 Å². The van der Waals surface area contributed by atoms with Crippen LogP contribution in [-0.4, -0.2) is 40.0 Å². The van der Waals surface area contributed by atoms with Crippen LogP contribution in [0, 0.1) is 6.92 Å². The molecule has 0 atom stereocenters. The van der Waals surface area contributed by atoms with E-state index in [0.717, 1.165) is 30.2 Å². The van der Waals surface area contributed by atoms with Gasteiger partial charge < -0.3 is 19.5 Å². The zero-order valence-corrected chi connectivity index (χ0v) is 11.5. The van der Waals surface area contributed by atoms with E-state index < -0.39 is 0 Å². The lowest BCUT2D eigenvalue weighted by molar-refractivity contribution is 0.101. The van der Waals surface area contributed by atoms with Crippen molar-refractivity contribution in [3.8, 4) is 11.5 Å². The third-order valence-corrected chi connectivity index (χ3v) is 2.48. The number of methoxy groups -OCH3 is 1. The van der Waals surface area contributed by atoms with Gasteiger partial charge in [0, 0.05) is 6.54 Å². The number of ether oxygens (including phenoxy) is 3. The van der Waals surface area contributed by atoms with E-state index in [-0.39, 0.29) is 0 Å². The summed E-state index contributed by atoms with van der Waals surface area (Å²) in [5.74, 6) is 1.53. The fourth-order valence-corrected chi connectivity index (χ4v) is 1.53. The zero-order valence-electron chi connectivity index (χ0n) is 11.5. The van der Waals surface area contributed by atoms with Crippen LogP contribution < -0.4 is 14.8 Å². The SMILES string of the molecule is CCNCCOCCOc1ccc(C)cc1OC. The second-order valence-electron chi connectivity index (χ2n) is 3.97. The third-order valence-electron chi connectivity index (χ3n) is 2.48. The molecule has 1 N–H and O–H groups in total. The first kappa shape index (κ1) is 14.8. The van der Waals surface area contributed by atoms with E-state index in [1.807, 2.05) is 25.1 Å². The van der Waals surface area contributed by atoms with E-state index >= 15 is 0 Å². The number of nitrogens with one attached hydrogen (secondary N) is 1. The molecule has 4 heteroatoms. The van der Waals surface area contributed by atoms with E-state index in [1.54, 1.807) is 7.11 Å². The van der Waals surface area contributed by atoms with Gasteiger partial charge in [-0.1, -0.05) is 13.0 Å². The van der Waals surface area contributed by atoms with E-state index in [0.29, 0.717) is 19.8 Å². The minimum Gasteiger partial charge on any atom is -0.493 e. The van der Waals surface area contributed by atoms with Crippen LogP contribution in [-0.2, 0) is 4.74 Å². The number of benzene rings is 1. The summed E-state index contributed by atoms with van der Waals surface area (Å²) in [6, 6.07) is 5.89. The van der Waals surface area contributed by atoms with Gasteiger partial charge in [-0.3, -0.25) is 0 Å². The van der Waals surface area contributed by atoms with Crippen molar-refractivity contribution in [2.75, 3.05) is 40.0 Å². The van der Waals surface area contributed by atoms with Gasteiger partial charge in [-0.25, -0.2) is 0 Å². The van der Waals surface area contributed by atoms with Crippen molar-refractivity contribution in [3.05, 3.63) is 23.8 Å². The predicted octanol–water partition coefficient (Wildman–Crippen LogP) is 2.01. The molecular formula is C14H23NO3. The highest BCUT2D eigenvalue weighted by atomic mass is 16.5. The molecule has 0 saturated heterocycles. The molecule has 0 heterocycles. The molecule has 0 radical (unpaired) electrons. The first-order chi connectivity index (χ1) is 8.77. The Bertz CT molecular complexity index is 342. The average Bonchev–Trinajstić information content (AvgIpc) is 2.39. The first-order valence-electron chi connectivity index (χ1n) is 6.33. The molecule has 18 heavy (non-hydrogen) atoms. The topological polar surface area (TPSA) is 39.7 Å². The molecule has 0 bridgehead atoms. The Balaban J connectivity index is 2.22. The summed E-state index contributed by atoms with van der Waals surface area (Å²) in [5, 5.41) is 3.20. The smallest absolute Gasteiger partial charge is 0.161 e. The molecule has 0 aliphatic carbocycles. The summed E-state index contributed by atoms with van der Waals surface area (Å²) in [6.45, 7) is 7.78. The molecular weight excluding hydrogens is 230 g/mol. The molecule has 1 aromatic rings. The van der Waals surface area contributed by atoms with Crippen LogP contribution in [0.4, 0.5) is 0 Å². The summed E-state index contributed by atoms with van der Waals surface area (Å²) in [5.41, 5.74) is 1.15. The molecule has 0 aliphatic rings. The summed E-state index contributed by atoms with van der Waals surface area (Å²) in [4.78, 5) is 0. The van der Waals surface area contributed by atoms with Gasteiger partial charge in [0.2, 0.25) is 0 Å². The highest BCUT2D eigenvalue weighted by molar-refractivity contribution is 5.42. The number of rotatable bonds is 9. The molecule has 0 spiro atoms. The first-order valence-corrected chi connectivity index (χ1v) is 6.33. The highest BCUT2D eigenvalue weighted by Gasteiger charge is 2.03. The van der Waals surface area contributed by atoms with Gasteiger partial charge in [0.15, 0.2) is 11.5 Å². The average molecular weight is 253 g/mol. The molecule has 0 saturated carbocycles. The van der Waals surface area contributed by atoms with Gasteiger partial charge in [-0.05, 0) is 31.2 Å². The maximum absolute atomic E-state index is 5.62. The van der Waals surface area contributed by atoms with E-state index in [4.69, 9.17) is 14.2 Å². The molecule has 4 nitrogen and oxygen atoms in total. The Morgan fingerprint density at radius 2 is 1.94 bits per heavy atom. The molecule has 0 unspecified atom stereocenters. The lowest BCUT2D eigenvalue weighted by Crippen LogP contribution is -2.20. The van der Waals surface area contributed by atoms with Crippen LogP contribution in [0.15, 0.2) is 18.2 Å². The third kappa shape index (κ3) is 5.38. The summed E-state index contributed by atoms with van der Waals surface area (Å²) in [6.07, 6.45) is 0. The predicted molar refractivity (Wildman–Crippen MR) is 72.6 cm³/mol. The van der Waals surface area contributed by atoms with Crippen LogP contribution in [0.5, 0.6) is 11.5 Å². The van der Waals surface area contributed by atoms with Gasteiger partial charge in [-0.2, -0.15) is 0 Å². The molecule has 102 valence electrons. The largest absolute Gasteiger partial charge is 0.493 e. The summed E-state index contributed by atoms with van der Waals surface area (Å²) < 4.78 is 16.3. The van der Waals surface area contributed by atoms with Crippen LogP contribution in [0.1, 0.15) is 12.5 Å². The summed E-state index contributed by atoms with van der Waals surface area (Å²) in [7, 11) is 1.65. The van der Waals surface area contributed by atoms with Gasteiger partial charge in [0.1, 0.15) is 6.61 Å². The van der Waals surface area contributed by atoms with E-state index in [9.17, 15) is 0 Å². The van der Waals surface area contributed by atoms with Crippen molar-refractivity contribution < 1.29 is 14.2 Å². The monoisotopic (exact) mass is 253 g/mol. The summed E-state index contributed by atoms with van der Waals surface area (Å²) >= 11 is 0. The van der Waals surface area contributed by atoms with Crippen molar-refractivity contribution >= 4 is 0 Å². The Kier molecular flexibility index (Phi) is 7.22. The number of hydrogen-bond acceptors (Lipinski definition) is 4.